The van der Waals surface area contributed by atoms with E-state index in [9.17, 15) is 4.79 Å². The number of rotatable bonds is 27. The van der Waals surface area contributed by atoms with Crippen molar-refractivity contribution in [3.8, 4) is 0 Å². The van der Waals surface area contributed by atoms with Gasteiger partial charge in [0, 0.05) is 6.42 Å². The van der Waals surface area contributed by atoms with Gasteiger partial charge in [0.05, 0.1) is 6.10 Å². The lowest BCUT2D eigenvalue weighted by molar-refractivity contribution is -0.148. The van der Waals surface area contributed by atoms with Crippen LogP contribution in [0.15, 0.2) is 0 Å². The number of hydrogen-bond acceptors (Lipinski definition) is 2. The molecule has 0 aliphatic carbocycles. The maximum Gasteiger partial charge on any atom is 0.306 e. The molecule has 33 heavy (non-hydrogen) atoms. The van der Waals surface area contributed by atoms with Gasteiger partial charge in [-0.2, -0.15) is 0 Å². The summed E-state index contributed by atoms with van der Waals surface area (Å²) >= 11 is 0. The third-order valence-electron chi connectivity index (χ3n) is 7.03. The summed E-state index contributed by atoms with van der Waals surface area (Å²) in [6, 6.07) is 0. The Hall–Kier alpha value is -0.530. The molecule has 2 nitrogen and oxygen atoms in total. The van der Waals surface area contributed by atoms with Crippen LogP contribution in [0.3, 0.4) is 0 Å². The Kier molecular flexibility index (Phi) is 27.3. The zero-order valence-electron chi connectivity index (χ0n) is 23.3. The molecule has 2 heteroatoms. The largest absolute Gasteiger partial charge is 0.463 e. The molecule has 0 rings (SSSR count). The molecule has 0 N–H and O–H groups in total. The highest BCUT2D eigenvalue weighted by molar-refractivity contribution is 5.69. The van der Waals surface area contributed by atoms with Crippen LogP contribution in [0.1, 0.15) is 188 Å². The zero-order chi connectivity index (χ0) is 24.2. The molecule has 0 heterocycles. The minimum absolute atomic E-state index is 0.0198. The van der Waals surface area contributed by atoms with Crippen LogP contribution in [0, 0.1) is 0 Å². The fourth-order valence-corrected chi connectivity index (χ4v) is 4.73. The van der Waals surface area contributed by atoms with E-state index in [1.165, 1.54) is 148 Å². The van der Waals surface area contributed by atoms with Crippen molar-refractivity contribution in [2.75, 3.05) is 0 Å². The van der Waals surface area contributed by atoms with Crippen LogP contribution < -0.4 is 0 Å². The molecule has 0 saturated heterocycles. The van der Waals surface area contributed by atoms with Crippen molar-refractivity contribution in [3.05, 3.63) is 0 Å². The van der Waals surface area contributed by atoms with E-state index in [2.05, 4.69) is 20.8 Å². The molecular weight excluding hydrogens is 404 g/mol. The molecule has 0 saturated carbocycles. The van der Waals surface area contributed by atoms with Gasteiger partial charge in [0.25, 0.3) is 0 Å². The molecule has 198 valence electrons. The maximum absolute atomic E-state index is 12.0. The summed E-state index contributed by atoms with van der Waals surface area (Å²) in [5, 5.41) is 0. The van der Waals surface area contributed by atoms with Gasteiger partial charge < -0.3 is 4.74 Å². The molecule has 0 aromatic heterocycles. The van der Waals surface area contributed by atoms with Crippen LogP contribution in [-0.2, 0) is 9.53 Å². The molecule has 1 atom stereocenters. The molecule has 0 amide bonds. The van der Waals surface area contributed by atoms with Gasteiger partial charge in [-0.3, -0.25) is 4.79 Å². The van der Waals surface area contributed by atoms with Gasteiger partial charge in [0.15, 0.2) is 0 Å². The van der Waals surface area contributed by atoms with Gasteiger partial charge in [0.1, 0.15) is 0 Å². The van der Waals surface area contributed by atoms with Crippen LogP contribution in [0.25, 0.3) is 0 Å². The number of carbonyl (C=O) groups is 1. The summed E-state index contributed by atoms with van der Waals surface area (Å²) in [4.78, 5) is 12.0. The Morgan fingerprint density at radius 2 is 0.788 bits per heavy atom. The second kappa shape index (κ2) is 27.7. The van der Waals surface area contributed by atoms with Crippen molar-refractivity contribution in [1.82, 2.24) is 0 Å². The second-order valence-corrected chi connectivity index (χ2v) is 10.6. The van der Waals surface area contributed by atoms with Crippen molar-refractivity contribution in [3.63, 3.8) is 0 Å². The van der Waals surface area contributed by atoms with Gasteiger partial charge >= 0.3 is 5.97 Å². The van der Waals surface area contributed by atoms with Crippen molar-refractivity contribution in [2.24, 2.45) is 0 Å². The van der Waals surface area contributed by atoms with E-state index in [1.54, 1.807) is 0 Å². The van der Waals surface area contributed by atoms with Crippen LogP contribution in [0.2, 0.25) is 0 Å². The first-order chi connectivity index (χ1) is 16.2. The third kappa shape index (κ3) is 27.6. The number of ether oxygens (including phenoxy) is 1. The summed E-state index contributed by atoms with van der Waals surface area (Å²) < 4.78 is 5.59. The van der Waals surface area contributed by atoms with E-state index in [0.717, 1.165) is 12.8 Å². The number of unbranched alkanes of at least 4 members (excludes halogenated alkanes) is 22. The van der Waals surface area contributed by atoms with E-state index in [0.29, 0.717) is 6.42 Å². The Morgan fingerprint density at radius 3 is 1.15 bits per heavy atom. The fraction of sp³-hybridized carbons (Fsp3) is 0.968. The lowest BCUT2D eigenvalue weighted by Gasteiger charge is -2.13. The lowest BCUT2D eigenvalue weighted by Crippen LogP contribution is -2.14. The summed E-state index contributed by atoms with van der Waals surface area (Å²) in [5.41, 5.74) is 0. The maximum atomic E-state index is 12.0. The second-order valence-electron chi connectivity index (χ2n) is 10.6. The quantitative estimate of drug-likeness (QED) is 0.0888. The Labute approximate surface area is 209 Å². The van der Waals surface area contributed by atoms with E-state index < -0.39 is 0 Å². The van der Waals surface area contributed by atoms with Gasteiger partial charge in [0.2, 0.25) is 0 Å². The normalized spacial score (nSPS) is 12.2. The summed E-state index contributed by atoms with van der Waals surface area (Å²) in [6.07, 6.45) is 34.3. The Balaban J connectivity index is 3.24. The van der Waals surface area contributed by atoms with Gasteiger partial charge in [-0.1, -0.05) is 155 Å². The first kappa shape index (κ1) is 32.5. The van der Waals surface area contributed by atoms with E-state index in [-0.39, 0.29) is 12.1 Å². The predicted molar refractivity (Wildman–Crippen MR) is 147 cm³/mol. The van der Waals surface area contributed by atoms with Crippen molar-refractivity contribution < 1.29 is 9.53 Å². The lowest BCUT2D eigenvalue weighted by atomic mass is 10.0. The Bertz CT molecular complexity index is 379. The van der Waals surface area contributed by atoms with Crippen LogP contribution in [0.4, 0.5) is 0 Å². The first-order valence-corrected chi connectivity index (χ1v) is 15.4. The molecule has 0 bridgehead atoms. The smallest absolute Gasteiger partial charge is 0.306 e. The van der Waals surface area contributed by atoms with Gasteiger partial charge in [-0.15, -0.1) is 0 Å². The highest BCUT2D eigenvalue weighted by Gasteiger charge is 2.09. The summed E-state index contributed by atoms with van der Waals surface area (Å²) in [6.45, 7) is 6.61. The minimum Gasteiger partial charge on any atom is -0.463 e. The van der Waals surface area contributed by atoms with E-state index >= 15 is 0 Å². The van der Waals surface area contributed by atoms with E-state index in [1.807, 2.05) is 0 Å². The first-order valence-electron chi connectivity index (χ1n) is 15.4. The molecule has 0 aliphatic rings. The topological polar surface area (TPSA) is 26.3 Å². The fourth-order valence-electron chi connectivity index (χ4n) is 4.73. The molecular formula is C31H62O2. The van der Waals surface area contributed by atoms with Crippen LogP contribution >= 0.6 is 0 Å². The van der Waals surface area contributed by atoms with Gasteiger partial charge in [-0.05, 0) is 26.2 Å². The summed E-state index contributed by atoms with van der Waals surface area (Å²) in [7, 11) is 0. The van der Waals surface area contributed by atoms with Crippen molar-refractivity contribution in [1.29, 1.82) is 0 Å². The van der Waals surface area contributed by atoms with Crippen LogP contribution in [-0.4, -0.2) is 12.1 Å². The van der Waals surface area contributed by atoms with Crippen LogP contribution in [0.5, 0.6) is 0 Å². The molecule has 1 unspecified atom stereocenters. The predicted octanol–water partition coefficient (Wildman–Crippen LogP) is 11.1. The molecule has 0 aromatic carbocycles. The average molecular weight is 467 g/mol. The monoisotopic (exact) mass is 466 g/mol. The van der Waals surface area contributed by atoms with Crippen molar-refractivity contribution in [2.45, 2.75) is 194 Å². The zero-order valence-corrected chi connectivity index (χ0v) is 23.3. The standard InChI is InChI=1S/C31H62O2/c1-4-6-8-10-12-13-14-15-16-17-18-19-20-21-23-25-27-29-31(32)33-30(3)28-26-24-22-11-9-7-5-2/h30H,4-29H2,1-3H3. The number of hydrogen-bond donors (Lipinski definition) is 0. The number of esters is 1. The van der Waals surface area contributed by atoms with Gasteiger partial charge in [-0.25, -0.2) is 0 Å². The molecule has 0 radical (unpaired) electrons. The molecule has 0 aromatic rings. The highest BCUT2D eigenvalue weighted by Crippen LogP contribution is 2.15. The average Bonchev–Trinajstić information content (AvgIpc) is 2.80. The Morgan fingerprint density at radius 1 is 0.485 bits per heavy atom. The molecule has 0 fully saturated rings. The van der Waals surface area contributed by atoms with Crippen molar-refractivity contribution >= 4 is 5.97 Å². The molecule has 0 aliphatic heterocycles. The minimum atomic E-state index is 0.0198. The van der Waals surface area contributed by atoms with E-state index in [4.69, 9.17) is 4.74 Å². The molecule has 0 spiro atoms. The summed E-state index contributed by atoms with van der Waals surface area (Å²) in [5.74, 6) is 0.0198. The third-order valence-corrected chi connectivity index (χ3v) is 7.03. The highest BCUT2D eigenvalue weighted by atomic mass is 16.5. The SMILES string of the molecule is CCCCCCCCCCCCCCCCCCCC(=O)OC(C)CCCCCCCCC. The number of carbonyl (C=O) groups excluding carboxylic acids is 1.